The van der Waals surface area contributed by atoms with Crippen LogP contribution in [0.2, 0.25) is 0 Å². The standard InChI is InChI=1S/C28H46O6/c1-18(15-32-19(2)29)22-7-8-23-21-14-26(34-17-31-6)25-13-20(33-16-30-5)9-11-28(25,4)24(21)10-12-27(22,23)3/h7,18,20-21,23-26H,8-17H2,1-6H3/t18-,20+,21+,23+,24+,25-,26+,27-,28-/m1/s1. The lowest BCUT2D eigenvalue weighted by atomic mass is 9.44. The molecular formula is C28H46O6. The molecule has 3 fully saturated rings. The van der Waals surface area contributed by atoms with Gasteiger partial charge in [-0.2, -0.15) is 0 Å². The van der Waals surface area contributed by atoms with Crippen LogP contribution in [0.5, 0.6) is 0 Å². The summed E-state index contributed by atoms with van der Waals surface area (Å²) in [5, 5.41) is 0. The van der Waals surface area contributed by atoms with E-state index >= 15 is 0 Å². The number of fused-ring (bicyclic) bond motifs is 5. The van der Waals surface area contributed by atoms with Crippen LogP contribution < -0.4 is 0 Å². The third kappa shape index (κ3) is 4.72. The van der Waals surface area contributed by atoms with Gasteiger partial charge in [-0.3, -0.25) is 4.79 Å². The van der Waals surface area contributed by atoms with E-state index in [-0.39, 0.29) is 34.9 Å². The van der Waals surface area contributed by atoms with Crippen LogP contribution in [-0.4, -0.2) is 52.6 Å². The Hall–Kier alpha value is -0.950. The van der Waals surface area contributed by atoms with Crippen molar-refractivity contribution in [2.45, 2.75) is 84.8 Å². The summed E-state index contributed by atoms with van der Waals surface area (Å²) in [6.07, 6.45) is 11.0. The van der Waals surface area contributed by atoms with Gasteiger partial charge in [-0.1, -0.05) is 32.4 Å². The number of rotatable bonds is 9. The third-order valence-electron chi connectivity index (χ3n) is 10.1. The number of carbonyl (C=O) groups excluding carboxylic acids is 1. The Morgan fingerprint density at radius 3 is 2.47 bits per heavy atom. The highest BCUT2D eigenvalue weighted by molar-refractivity contribution is 5.65. The largest absolute Gasteiger partial charge is 0.465 e. The van der Waals surface area contributed by atoms with Crippen LogP contribution in [0.25, 0.3) is 0 Å². The first kappa shape index (κ1) is 26.1. The summed E-state index contributed by atoms with van der Waals surface area (Å²) in [7, 11) is 3.41. The molecule has 34 heavy (non-hydrogen) atoms. The van der Waals surface area contributed by atoms with Crippen molar-refractivity contribution in [2.24, 2.45) is 40.4 Å². The van der Waals surface area contributed by atoms with Crippen molar-refractivity contribution in [1.82, 2.24) is 0 Å². The van der Waals surface area contributed by atoms with E-state index in [9.17, 15) is 4.79 Å². The average molecular weight is 479 g/mol. The lowest BCUT2D eigenvalue weighted by Gasteiger charge is -2.62. The number of allylic oxidation sites excluding steroid dienone is 1. The topological polar surface area (TPSA) is 63.2 Å². The van der Waals surface area contributed by atoms with Gasteiger partial charge in [0.15, 0.2) is 0 Å². The lowest BCUT2D eigenvalue weighted by Crippen LogP contribution is -2.59. The smallest absolute Gasteiger partial charge is 0.302 e. The molecule has 0 N–H and O–H groups in total. The Morgan fingerprint density at radius 1 is 1.03 bits per heavy atom. The maximum Gasteiger partial charge on any atom is 0.302 e. The van der Waals surface area contributed by atoms with Gasteiger partial charge >= 0.3 is 5.97 Å². The van der Waals surface area contributed by atoms with Crippen LogP contribution in [0.3, 0.4) is 0 Å². The minimum atomic E-state index is -0.190. The van der Waals surface area contributed by atoms with E-state index in [0.717, 1.165) is 31.6 Å². The van der Waals surface area contributed by atoms with Crippen molar-refractivity contribution in [3.63, 3.8) is 0 Å². The molecule has 4 aliphatic rings. The van der Waals surface area contributed by atoms with Gasteiger partial charge in [0.05, 0.1) is 18.8 Å². The molecule has 0 aromatic rings. The van der Waals surface area contributed by atoms with Gasteiger partial charge in [-0.15, -0.1) is 0 Å². The fourth-order valence-electron chi connectivity index (χ4n) is 8.58. The predicted molar refractivity (Wildman–Crippen MR) is 130 cm³/mol. The third-order valence-corrected chi connectivity index (χ3v) is 10.1. The van der Waals surface area contributed by atoms with Gasteiger partial charge in [0.1, 0.15) is 13.6 Å². The minimum Gasteiger partial charge on any atom is -0.465 e. The normalized spacial score (nSPS) is 42.2. The molecule has 9 atom stereocenters. The second kappa shape index (κ2) is 10.6. The first-order valence-electron chi connectivity index (χ1n) is 13.3. The van der Waals surface area contributed by atoms with E-state index in [1.165, 1.54) is 31.8 Å². The first-order valence-corrected chi connectivity index (χ1v) is 13.3. The molecular weight excluding hydrogens is 432 g/mol. The van der Waals surface area contributed by atoms with Crippen molar-refractivity contribution < 1.29 is 28.5 Å². The van der Waals surface area contributed by atoms with E-state index in [1.807, 2.05) is 0 Å². The monoisotopic (exact) mass is 478 g/mol. The molecule has 0 saturated heterocycles. The van der Waals surface area contributed by atoms with Crippen molar-refractivity contribution in [2.75, 3.05) is 34.4 Å². The molecule has 6 heteroatoms. The van der Waals surface area contributed by atoms with E-state index in [0.29, 0.717) is 37.9 Å². The Balaban J connectivity index is 1.55. The maximum atomic E-state index is 11.4. The van der Waals surface area contributed by atoms with Crippen LogP contribution >= 0.6 is 0 Å². The second-order valence-electron chi connectivity index (χ2n) is 11.9. The van der Waals surface area contributed by atoms with E-state index < -0.39 is 0 Å². The van der Waals surface area contributed by atoms with E-state index in [2.05, 4.69) is 26.8 Å². The summed E-state index contributed by atoms with van der Waals surface area (Å²) in [5.41, 5.74) is 1.96. The summed E-state index contributed by atoms with van der Waals surface area (Å²) < 4.78 is 28.4. The molecule has 0 amide bonds. The first-order chi connectivity index (χ1) is 16.2. The number of esters is 1. The quantitative estimate of drug-likeness (QED) is 0.253. The van der Waals surface area contributed by atoms with Crippen molar-refractivity contribution in [3.8, 4) is 0 Å². The fraction of sp³-hybridized carbons (Fsp3) is 0.893. The fourth-order valence-corrected chi connectivity index (χ4v) is 8.58. The van der Waals surface area contributed by atoms with Crippen LogP contribution in [-0.2, 0) is 28.5 Å². The van der Waals surface area contributed by atoms with Crippen LogP contribution in [0.15, 0.2) is 11.6 Å². The Morgan fingerprint density at radius 2 is 1.76 bits per heavy atom. The zero-order chi connectivity index (χ0) is 24.5. The summed E-state index contributed by atoms with van der Waals surface area (Å²) >= 11 is 0. The maximum absolute atomic E-state index is 11.4. The molecule has 0 unspecified atom stereocenters. The van der Waals surface area contributed by atoms with Crippen molar-refractivity contribution in [1.29, 1.82) is 0 Å². The van der Waals surface area contributed by atoms with Gasteiger partial charge in [-0.25, -0.2) is 0 Å². The van der Waals surface area contributed by atoms with Gasteiger partial charge in [0, 0.05) is 27.1 Å². The molecule has 6 nitrogen and oxygen atoms in total. The van der Waals surface area contributed by atoms with Crippen LogP contribution in [0.4, 0.5) is 0 Å². The molecule has 0 radical (unpaired) electrons. The molecule has 0 aliphatic heterocycles. The predicted octanol–water partition coefficient (Wildman–Crippen LogP) is 5.35. The minimum absolute atomic E-state index is 0.189. The van der Waals surface area contributed by atoms with Crippen LogP contribution in [0, 0.1) is 40.4 Å². The summed E-state index contributed by atoms with van der Waals surface area (Å²) in [6.45, 7) is 9.94. The van der Waals surface area contributed by atoms with E-state index in [4.69, 9.17) is 23.7 Å². The highest BCUT2D eigenvalue weighted by atomic mass is 16.7. The molecule has 0 heterocycles. The number of hydrogen-bond donors (Lipinski definition) is 0. The van der Waals surface area contributed by atoms with Gasteiger partial charge in [0.2, 0.25) is 0 Å². The summed E-state index contributed by atoms with van der Waals surface area (Å²) in [6, 6.07) is 0. The summed E-state index contributed by atoms with van der Waals surface area (Å²) in [5.74, 6) is 2.57. The van der Waals surface area contributed by atoms with Gasteiger partial charge in [-0.05, 0) is 79.4 Å². The number of ether oxygens (including phenoxy) is 5. The highest BCUT2D eigenvalue weighted by Gasteiger charge is 2.61. The Labute approximate surface area is 206 Å². The molecule has 4 aliphatic carbocycles. The van der Waals surface area contributed by atoms with Crippen molar-refractivity contribution in [3.05, 3.63) is 11.6 Å². The molecule has 0 bridgehead atoms. The van der Waals surface area contributed by atoms with Gasteiger partial charge < -0.3 is 23.7 Å². The highest BCUT2D eigenvalue weighted by Crippen LogP contribution is 2.67. The zero-order valence-corrected chi connectivity index (χ0v) is 22.1. The molecule has 3 saturated carbocycles. The second-order valence-corrected chi connectivity index (χ2v) is 11.9. The molecule has 4 rings (SSSR count). The van der Waals surface area contributed by atoms with Gasteiger partial charge in [0.25, 0.3) is 0 Å². The average Bonchev–Trinajstić information content (AvgIpc) is 3.17. The molecule has 0 spiro atoms. The van der Waals surface area contributed by atoms with Crippen molar-refractivity contribution >= 4 is 5.97 Å². The van der Waals surface area contributed by atoms with Crippen LogP contribution in [0.1, 0.15) is 72.6 Å². The molecule has 0 aromatic heterocycles. The summed E-state index contributed by atoms with van der Waals surface area (Å²) in [4.78, 5) is 11.4. The Kier molecular flexibility index (Phi) is 8.13. The SMILES string of the molecule is COCO[C@H]1CC[C@@]2(C)[C@H](C1)[C@@H](OCOC)C[C@@H]1[C@@H]2CC[C@]2(C)C([C@H](C)COC(C)=O)=CC[C@@H]12. The van der Waals surface area contributed by atoms with E-state index in [1.54, 1.807) is 14.2 Å². The lowest BCUT2D eigenvalue weighted by molar-refractivity contribution is -0.211. The zero-order valence-electron chi connectivity index (χ0n) is 22.1. The molecule has 0 aromatic carbocycles. The number of carbonyl (C=O) groups is 1. The number of methoxy groups -OCH3 is 2. The number of hydrogen-bond acceptors (Lipinski definition) is 6. The Bertz CT molecular complexity index is 751. The molecule has 194 valence electrons.